The summed E-state index contributed by atoms with van der Waals surface area (Å²) in [6.07, 6.45) is 3.39. The van der Waals surface area contributed by atoms with Crippen LogP contribution in [0.15, 0.2) is 45.9 Å². The third-order valence-electron chi connectivity index (χ3n) is 5.59. The van der Waals surface area contributed by atoms with Gasteiger partial charge >= 0.3 is 0 Å². The average molecular weight is 447 g/mol. The normalized spacial score (nSPS) is 15.0. The fourth-order valence-corrected chi connectivity index (χ4v) is 5.77. The van der Waals surface area contributed by atoms with Crippen molar-refractivity contribution in [1.29, 1.82) is 0 Å². The Kier molecular flexibility index (Phi) is 5.61. The van der Waals surface area contributed by atoms with Crippen LogP contribution in [-0.2, 0) is 21.2 Å². The first kappa shape index (κ1) is 20.9. The molecule has 1 aliphatic rings. The quantitative estimate of drug-likeness (QED) is 0.617. The van der Waals surface area contributed by atoms with E-state index in [1.807, 2.05) is 26.0 Å². The van der Waals surface area contributed by atoms with E-state index in [-0.39, 0.29) is 22.2 Å². The lowest BCUT2D eigenvalue weighted by Crippen LogP contribution is -2.28. The molecule has 0 aliphatic carbocycles. The van der Waals surface area contributed by atoms with E-state index in [9.17, 15) is 13.2 Å². The minimum Gasteiger partial charge on any atom is -0.464 e. The summed E-state index contributed by atoms with van der Waals surface area (Å²) in [6, 6.07) is 8.48. The number of hydrogen-bond acceptors (Lipinski definition) is 4. The summed E-state index contributed by atoms with van der Waals surface area (Å²) in [7, 11) is -3.68. The fraction of sp³-hybridized carbons (Fsp3) is 0.318. The molecule has 0 bridgehead atoms. The summed E-state index contributed by atoms with van der Waals surface area (Å²) in [4.78, 5) is 12.6. The highest BCUT2D eigenvalue weighted by atomic mass is 35.5. The Morgan fingerprint density at radius 3 is 2.63 bits per heavy atom. The van der Waals surface area contributed by atoms with Crippen LogP contribution in [0.5, 0.6) is 0 Å². The van der Waals surface area contributed by atoms with Crippen LogP contribution in [-0.4, -0.2) is 31.7 Å². The molecule has 1 amide bonds. The molecule has 8 heteroatoms. The Morgan fingerprint density at radius 1 is 1.17 bits per heavy atom. The van der Waals surface area contributed by atoms with Crippen LogP contribution < -0.4 is 5.32 Å². The van der Waals surface area contributed by atoms with Gasteiger partial charge in [0, 0.05) is 29.7 Å². The van der Waals surface area contributed by atoms with Gasteiger partial charge in [0.25, 0.3) is 0 Å². The van der Waals surface area contributed by atoms with Crippen LogP contribution in [0.1, 0.15) is 29.5 Å². The monoisotopic (exact) mass is 446 g/mol. The number of benzene rings is 2. The number of carbonyl (C=O) groups is 1. The zero-order valence-corrected chi connectivity index (χ0v) is 18.4. The molecule has 6 nitrogen and oxygen atoms in total. The second kappa shape index (κ2) is 8.06. The van der Waals surface area contributed by atoms with Crippen LogP contribution in [0.3, 0.4) is 0 Å². The van der Waals surface area contributed by atoms with E-state index in [4.69, 9.17) is 16.0 Å². The third kappa shape index (κ3) is 3.85. The Balaban J connectivity index is 1.55. The number of fused-ring (bicyclic) bond motifs is 1. The van der Waals surface area contributed by atoms with E-state index in [1.165, 1.54) is 16.4 Å². The highest BCUT2D eigenvalue weighted by Gasteiger charge is 2.29. The molecular weight excluding hydrogens is 424 g/mol. The summed E-state index contributed by atoms with van der Waals surface area (Å²) in [5, 5.41) is 3.83. The largest absolute Gasteiger partial charge is 0.464 e. The molecule has 3 aromatic rings. The highest BCUT2D eigenvalue weighted by Crippen LogP contribution is 2.30. The second-order valence-electron chi connectivity index (χ2n) is 7.63. The van der Waals surface area contributed by atoms with Gasteiger partial charge < -0.3 is 9.73 Å². The number of aryl methyl sites for hydroxylation is 2. The summed E-state index contributed by atoms with van der Waals surface area (Å²) < 4.78 is 32.8. The number of amides is 1. The lowest BCUT2D eigenvalue weighted by Gasteiger charge is -2.17. The average Bonchev–Trinajstić information content (AvgIpc) is 3.37. The fourth-order valence-electron chi connectivity index (χ4n) is 3.75. The van der Waals surface area contributed by atoms with Crippen molar-refractivity contribution >= 4 is 44.2 Å². The van der Waals surface area contributed by atoms with Gasteiger partial charge in [-0.15, -0.1) is 0 Å². The van der Waals surface area contributed by atoms with Gasteiger partial charge in [-0.05, 0) is 56.0 Å². The molecule has 1 saturated heterocycles. The topological polar surface area (TPSA) is 79.6 Å². The van der Waals surface area contributed by atoms with Gasteiger partial charge in [0.05, 0.1) is 17.7 Å². The van der Waals surface area contributed by atoms with Crippen molar-refractivity contribution in [3.05, 3.63) is 58.3 Å². The maximum Gasteiger partial charge on any atom is 0.244 e. The molecule has 0 radical (unpaired) electrons. The molecule has 4 rings (SSSR count). The maximum atomic E-state index is 12.9. The number of nitrogens with zero attached hydrogens (tertiary/aromatic N) is 1. The van der Waals surface area contributed by atoms with Crippen LogP contribution in [0.25, 0.3) is 11.0 Å². The van der Waals surface area contributed by atoms with E-state index in [0.29, 0.717) is 18.8 Å². The Morgan fingerprint density at radius 2 is 1.90 bits per heavy atom. The van der Waals surface area contributed by atoms with Gasteiger partial charge in [-0.1, -0.05) is 23.7 Å². The first-order chi connectivity index (χ1) is 14.3. The Hall–Kier alpha value is -2.35. The van der Waals surface area contributed by atoms with Gasteiger partial charge in [0.1, 0.15) is 10.5 Å². The number of furan rings is 1. The van der Waals surface area contributed by atoms with E-state index in [2.05, 4.69) is 5.32 Å². The van der Waals surface area contributed by atoms with Crippen LogP contribution in [0, 0.1) is 13.8 Å². The lowest BCUT2D eigenvalue weighted by atomic mass is 10.0. The molecule has 0 unspecified atom stereocenters. The maximum absolute atomic E-state index is 12.9. The molecular formula is C22H23ClN2O4S. The molecule has 0 atom stereocenters. The molecule has 1 N–H and O–H groups in total. The predicted molar refractivity (Wildman–Crippen MR) is 117 cm³/mol. The molecule has 2 heterocycles. The summed E-state index contributed by atoms with van der Waals surface area (Å²) in [5.41, 5.74) is 4.13. The van der Waals surface area contributed by atoms with Crippen molar-refractivity contribution in [3.8, 4) is 0 Å². The van der Waals surface area contributed by atoms with Gasteiger partial charge in [-0.2, -0.15) is 4.31 Å². The van der Waals surface area contributed by atoms with Gasteiger partial charge in [0.15, 0.2) is 0 Å². The zero-order chi connectivity index (χ0) is 21.5. The van der Waals surface area contributed by atoms with E-state index >= 15 is 0 Å². The number of sulfonamides is 1. The number of hydrogen-bond donors (Lipinski definition) is 1. The standard InChI is InChI=1S/C22H23ClN2O4S/c1-14-5-7-18-16(13-29-22(18)15(14)2)11-21(26)24-17-6-8-19(23)20(12-17)30(27,28)25-9-3-4-10-25/h5-8,12-13H,3-4,9-11H2,1-2H3,(H,24,26). The molecule has 30 heavy (non-hydrogen) atoms. The number of rotatable bonds is 5. The summed E-state index contributed by atoms with van der Waals surface area (Å²) in [6.45, 7) is 4.97. The van der Waals surface area contributed by atoms with E-state index in [1.54, 1.807) is 12.3 Å². The SMILES string of the molecule is Cc1ccc2c(CC(=O)Nc3ccc(Cl)c(S(=O)(=O)N4CCCC4)c3)coc2c1C. The summed E-state index contributed by atoms with van der Waals surface area (Å²) >= 11 is 6.17. The molecule has 158 valence electrons. The number of anilines is 1. The molecule has 1 fully saturated rings. The molecule has 1 aliphatic heterocycles. The van der Waals surface area contributed by atoms with E-state index < -0.39 is 10.0 Å². The lowest BCUT2D eigenvalue weighted by molar-refractivity contribution is -0.115. The number of nitrogens with one attached hydrogen (secondary N) is 1. The second-order valence-corrected chi connectivity index (χ2v) is 9.94. The summed E-state index contributed by atoms with van der Waals surface area (Å²) in [5.74, 6) is -0.261. The van der Waals surface area contributed by atoms with Crippen molar-refractivity contribution in [2.75, 3.05) is 18.4 Å². The van der Waals surface area contributed by atoms with Crippen LogP contribution >= 0.6 is 11.6 Å². The van der Waals surface area contributed by atoms with Gasteiger partial charge in [-0.25, -0.2) is 8.42 Å². The van der Waals surface area contributed by atoms with Gasteiger partial charge in [-0.3, -0.25) is 4.79 Å². The first-order valence-corrected chi connectivity index (χ1v) is 11.6. The van der Waals surface area contributed by atoms with Crippen LogP contribution in [0.4, 0.5) is 5.69 Å². The highest BCUT2D eigenvalue weighted by molar-refractivity contribution is 7.89. The van der Waals surface area contributed by atoms with Crippen LogP contribution in [0.2, 0.25) is 5.02 Å². The van der Waals surface area contributed by atoms with E-state index in [0.717, 1.165) is 40.5 Å². The number of carbonyl (C=O) groups excluding carboxylic acids is 1. The molecule has 1 aromatic heterocycles. The zero-order valence-electron chi connectivity index (χ0n) is 16.9. The van der Waals surface area contributed by atoms with Crippen molar-refractivity contribution < 1.29 is 17.6 Å². The molecule has 0 saturated carbocycles. The molecule has 2 aromatic carbocycles. The Bertz CT molecular complexity index is 1230. The van der Waals surface area contributed by atoms with Crippen molar-refractivity contribution in [1.82, 2.24) is 4.31 Å². The number of halogens is 1. The third-order valence-corrected chi connectivity index (χ3v) is 7.97. The first-order valence-electron chi connectivity index (χ1n) is 9.83. The minimum atomic E-state index is -3.68. The van der Waals surface area contributed by atoms with Crippen molar-refractivity contribution in [3.63, 3.8) is 0 Å². The predicted octanol–water partition coefficient (Wildman–Crippen LogP) is 4.67. The van der Waals surface area contributed by atoms with Gasteiger partial charge in [0.2, 0.25) is 15.9 Å². The smallest absolute Gasteiger partial charge is 0.244 e. The Labute approximate surface area is 180 Å². The molecule has 0 spiro atoms. The van der Waals surface area contributed by atoms with Crippen molar-refractivity contribution in [2.24, 2.45) is 0 Å². The minimum absolute atomic E-state index is 0.0173. The van der Waals surface area contributed by atoms with Crippen molar-refractivity contribution in [2.45, 2.75) is 38.0 Å².